The van der Waals surface area contributed by atoms with Gasteiger partial charge in [0, 0.05) is 4.47 Å². The van der Waals surface area contributed by atoms with Crippen LogP contribution in [-0.4, -0.2) is 18.0 Å². The van der Waals surface area contributed by atoms with Gasteiger partial charge in [0.15, 0.2) is 0 Å². The lowest BCUT2D eigenvalue weighted by molar-refractivity contribution is -0.385. The number of nitro benzene ring substituents is 1. The number of halogens is 1. The number of hydrogen-bond acceptors (Lipinski definition) is 5. The Morgan fingerprint density at radius 2 is 1.95 bits per heavy atom. The number of methoxy groups -OCH3 is 1. The fraction of sp³-hybridized carbons (Fsp3) is 0.0714. The van der Waals surface area contributed by atoms with E-state index in [-0.39, 0.29) is 17.0 Å². The van der Waals surface area contributed by atoms with E-state index in [1.165, 1.54) is 25.3 Å². The summed E-state index contributed by atoms with van der Waals surface area (Å²) in [5.74, 6) is -0.514. The molecule has 0 saturated heterocycles. The highest BCUT2D eigenvalue weighted by molar-refractivity contribution is 9.10. The van der Waals surface area contributed by atoms with Gasteiger partial charge < -0.3 is 9.47 Å². The zero-order valence-corrected chi connectivity index (χ0v) is 12.5. The Hall–Kier alpha value is -2.41. The number of benzene rings is 2. The molecular weight excluding hydrogens is 342 g/mol. The molecule has 7 heteroatoms. The minimum Gasteiger partial charge on any atom is -0.496 e. The van der Waals surface area contributed by atoms with Crippen molar-refractivity contribution in [2.75, 3.05) is 7.11 Å². The average Bonchev–Trinajstić information content (AvgIpc) is 2.47. The van der Waals surface area contributed by atoms with Gasteiger partial charge in [-0.1, -0.05) is 12.1 Å². The molecule has 0 atom stereocenters. The lowest BCUT2D eigenvalue weighted by Crippen LogP contribution is -2.10. The lowest BCUT2D eigenvalue weighted by Gasteiger charge is -2.07. The van der Waals surface area contributed by atoms with Crippen molar-refractivity contribution < 1.29 is 19.2 Å². The molecule has 0 heterocycles. The summed E-state index contributed by atoms with van der Waals surface area (Å²) in [6.07, 6.45) is 0. The Bertz CT molecular complexity index is 702. The normalized spacial score (nSPS) is 10.0. The van der Waals surface area contributed by atoms with E-state index in [0.717, 1.165) is 0 Å². The average molecular weight is 352 g/mol. The first-order chi connectivity index (χ1) is 10.0. The van der Waals surface area contributed by atoms with E-state index >= 15 is 0 Å². The Morgan fingerprint density at radius 3 is 2.57 bits per heavy atom. The van der Waals surface area contributed by atoms with E-state index < -0.39 is 10.9 Å². The second-order valence-electron chi connectivity index (χ2n) is 3.96. The molecule has 0 aliphatic carbocycles. The van der Waals surface area contributed by atoms with Crippen LogP contribution in [0.1, 0.15) is 10.4 Å². The molecular formula is C14H10BrNO5. The summed E-state index contributed by atoms with van der Waals surface area (Å²) >= 11 is 3.23. The van der Waals surface area contributed by atoms with Crippen LogP contribution in [0.15, 0.2) is 46.9 Å². The third-order valence-electron chi connectivity index (χ3n) is 2.66. The molecule has 0 aliphatic heterocycles. The number of rotatable bonds is 4. The van der Waals surface area contributed by atoms with Crippen molar-refractivity contribution in [1.29, 1.82) is 0 Å². The molecule has 0 amide bonds. The molecule has 0 bridgehead atoms. The summed E-state index contributed by atoms with van der Waals surface area (Å²) in [5.41, 5.74) is -0.0580. The molecule has 0 radical (unpaired) electrons. The first-order valence-corrected chi connectivity index (χ1v) is 6.61. The highest BCUT2D eigenvalue weighted by Gasteiger charge is 2.21. The maximum Gasteiger partial charge on any atom is 0.344 e. The molecule has 0 spiro atoms. The van der Waals surface area contributed by atoms with Gasteiger partial charge in [0.1, 0.15) is 5.75 Å². The minimum atomic E-state index is -0.684. The van der Waals surface area contributed by atoms with Crippen molar-refractivity contribution >= 4 is 27.6 Å². The molecule has 0 N–H and O–H groups in total. The summed E-state index contributed by atoms with van der Waals surface area (Å²) < 4.78 is 10.6. The van der Waals surface area contributed by atoms with Gasteiger partial charge in [0.25, 0.3) is 0 Å². The van der Waals surface area contributed by atoms with Crippen molar-refractivity contribution in [1.82, 2.24) is 0 Å². The molecule has 0 unspecified atom stereocenters. The van der Waals surface area contributed by atoms with Gasteiger partial charge in [0.05, 0.1) is 23.7 Å². The van der Waals surface area contributed by atoms with E-state index in [0.29, 0.717) is 10.2 Å². The third-order valence-corrected chi connectivity index (χ3v) is 3.35. The molecule has 2 rings (SSSR count). The summed E-state index contributed by atoms with van der Waals surface area (Å²) in [4.78, 5) is 22.4. The second-order valence-corrected chi connectivity index (χ2v) is 4.81. The molecule has 0 fully saturated rings. The minimum absolute atomic E-state index is 0.137. The molecule has 108 valence electrons. The molecule has 0 aromatic heterocycles. The molecule has 0 aliphatic rings. The molecule has 0 saturated carbocycles. The van der Waals surface area contributed by atoms with Gasteiger partial charge >= 0.3 is 11.7 Å². The standard InChI is InChI=1S/C14H10BrNO5/c1-20-9-6-7-13(12(8-9)16(18)19)21-14(17)10-4-2-3-5-11(10)15/h2-8H,1H3. The maximum absolute atomic E-state index is 12.1. The molecule has 2 aromatic rings. The smallest absolute Gasteiger partial charge is 0.344 e. The largest absolute Gasteiger partial charge is 0.496 e. The van der Waals surface area contributed by atoms with Gasteiger partial charge in [-0.25, -0.2) is 4.79 Å². The Balaban J connectivity index is 2.33. The number of carbonyl (C=O) groups excluding carboxylic acids is 1. The summed E-state index contributed by atoms with van der Waals surface area (Å²) in [7, 11) is 1.39. The predicted molar refractivity (Wildman–Crippen MR) is 78.7 cm³/mol. The van der Waals surface area contributed by atoms with Crippen molar-refractivity contribution in [3.63, 3.8) is 0 Å². The van der Waals surface area contributed by atoms with Gasteiger partial charge in [0.2, 0.25) is 5.75 Å². The SMILES string of the molecule is COc1ccc(OC(=O)c2ccccc2Br)c([N+](=O)[O-])c1. The first-order valence-electron chi connectivity index (χ1n) is 5.82. The van der Waals surface area contributed by atoms with Crippen molar-refractivity contribution in [2.24, 2.45) is 0 Å². The predicted octanol–water partition coefficient (Wildman–Crippen LogP) is 3.59. The molecule has 2 aromatic carbocycles. The number of nitro groups is 1. The number of esters is 1. The fourth-order valence-corrected chi connectivity index (χ4v) is 2.08. The van der Waals surface area contributed by atoms with Gasteiger partial charge in [-0.2, -0.15) is 0 Å². The van der Waals surface area contributed by atoms with Crippen LogP contribution in [0.4, 0.5) is 5.69 Å². The summed E-state index contributed by atoms with van der Waals surface area (Å²) in [6.45, 7) is 0. The monoisotopic (exact) mass is 351 g/mol. The van der Waals surface area contributed by atoms with Crippen LogP contribution in [0.2, 0.25) is 0 Å². The van der Waals surface area contributed by atoms with Crippen LogP contribution in [-0.2, 0) is 0 Å². The summed E-state index contributed by atoms with van der Waals surface area (Å²) in [5, 5.41) is 11.0. The molecule has 21 heavy (non-hydrogen) atoms. The van der Waals surface area contributed by atoms with E-state index in [4.69, 9.17) is 9.47 Å². The van der Waals surface area contributed by atoms with Crippen LogP contribution in [0.25, 0.3) is 0 Å². The van der Waals surface area contributed by atoms with Crippen LogP contribution in [0.5, 0.6) is 11.5 Å². The van der Waals surface area contributed by atoms with Crippen LogP contribution >= 0.6 is 15.9 Å². The van der Waals surface area contributed by atoms with E-state index in [1.807, 2.05) is 0 Å². The van der Waals surface area contributed by atoms with Crippen molar-refractivity contribution in [3.8, 4) is 11.5 Å². The Kier molecular flexibility index (Phi) is 4.54. The zero-order valence-electron chi connectivity index (χ0n) is 10.9. The first kappa shape index (κ1) is 15.0. The highest BCUT2D eigenvalue weighted by Crippen LogP contribution is 2.32. The van der Waals surface area contributed by atoms with Gasteiger partial charge in [-0.05, 0) is 40.2 Å². The molecule has 6 nitrogen and oxygen atoms in total. The lowest BCUT2D eigenvalue weighted by atomic mass is 10.2. The zero-order chi connectivity index (χ0) is 15.4. The van der Waals surface area contributed by atoms with Crippen molar-refractivity contribution in [2.45, 2.75) is 0 Å². The Labute approximate surface area is 128 Å². The maximum atomic E-state index is 12.1. The van der Waals surface area contributed by atoms with Crippen LogP contribution < -0.4 is 9.47 Å². The Morgan fingerprint density at radius 1 is 1.24 bits per heavy atom. The van der Waals surface area contributed by atoms with Crippen molar-refractivity contribution in [3.05, 3.63) is 62.6 Å². The topological polar surface area (TPSA) is 78.7 Å². The van der Waals surface area contributed by atoms with Gasteiger partial charge in [-0.15, -0.1) is 0 Å². The third kappa shape index (κ3) is 3.38. The number of nitrogens with zero attached hydrogens (tertiary/aromatic N) is 1. The number of ether oxygens (including phenoxy) is 2. The fourth-order valence-electron chi connectivity index (χ4n) is 1.63. The van der Waals surface area contributed by atoms with E-state index in [1.54, 1.807) is 24.3 Å². The van der Waals surface area contributed by atoms with E-state index in [9.17, 15) is 14.9 Å². The van der Waals surface area contributed by atoms with Crippen LogP contribution in [0, 0.1) is 10.1 Å². The highest BCUT2D eigenvalue weighted by atomic mass is 79.9. The second kappa shape index (κ2) is 6.36. The quantitative estimate of drug-likeness (QED) is 0.364. The number of carbonyl (C=O) groups is 1. The van der Waals surface area contributed by atoms with Crippen LogP contribution in [0.3, 0.4) is 0 Å². The van der Waals surface area contributed by atoms with Gasteiger partial charge in [-0.3, -0.25) is 10.1 Å². The van der Waals surface area contributed by atoms with E-state index in [2.05, 4.69) is 15.9 Å². The summed E-state index contributed by atoms with van der Waals surface area (Å²) in [6, 6.07) is 10.7. The number of hydrogen-bond donors (Lipinski definition) is 0.